The summed E-state index contributed by atoms with van der Waals surface area (Å²) in [5, 5.41) is 1.32. The normalized spacial score (nSPS) is 18.3. The molecule has 0 unspecified atom stereocenters. The van der Waals surface area contributed by atoms with Crippen molar-refractivity contribution in [3.63, 3.8) is 0 Å². The molecule has 1 atom stereocenters. The van der Waals surface area contributed by atoms with Crippen LogP contribution < -0.4 is 4.74 Å². The van der Waals surface area contributed by atoms with Crippen LogP contribution in [0.15, 0.2) is 30.6 Å². The first-order valence-electron chi connectivity index (χ1n) is 9.88. The van der Waals surface area contributed by atoms with Crippen molar-refractivity contribution in [1.29, 1.82) is 0 Å². The van der Waals surface area contributed by atoms with Gasteiger partial charge < -0.3 is 13.9 Å². The van der Waals surface area contributed by atoms with Gasteiger partial charge in [-0.1, -0.05) is 0 Å². The number of hydrogen-bond donors (Lipinski definition) is 0. The van der Waals surface area contributed by atoms with Crippen LogP contribution in [-0.2, 0) is 20.1 Å². The van der Waals surface area contributed by atoms with E-state index in [1.807, 2.05) is 6.20 Å². The standard InChI is InChI=1S/C22H30N4O/c1-16-21(20-12-19(27-4)7-8-22(20)24(16)3)15-25-10-5-6-18(13-25)14-26-11-9-23-17(26)2/h7-9,11-12,18H,5-6,10,13-15H2,1-4H3/t18-/m1/s1. The Morgan fingerprint density at radius 3 is 2.85 bits per heavy atom. The van der Waals surface area contributed by atoms with Gasteiger partial charge in [-0.2, -0.15) is 0 Å². The monoisotopic (exact) mass is 366 g/mol. The van der Waals surface area contributed by atoms with Gasteiger partial charge in [0.05, 0.1) is 7.11 Å². The van der Waals surface area contributed by atoms with Gasteiger partial charge in [0.15, 0.2) is 0 Å². The van der Waals surface area contributed by atoms with Gasteiger partial charge in [0.2, 0.25) is 0 Å². The fourth-order valence-corrected chi connectivity index (χ4v) is 4.50. The Balaban J connectivity index is 1.54. The van der Waals surface area contributed by atoms with Gasteiger partial charge in [-0.3, -0.25) is 4.90 Å². The van der Waals surface area contributed by atoms with Crippen molar-refractivity contribution in [3.05, 3.63) is 47.7 Å². The van der Waals surface area contributed by atoms with Gasteiger partial charge in [-0.25, -0.2) is 4.98 Å². The van der Waals surface area contributed by atoms with Gasteiger partial charge >= 0.3 is 0 Å². The van der Waals surface area contributed by atoms with Gasteiger partial charge in [-0.05, 0) is 62.9 Å². The third-order valence-electron chi connectivity index (χ3n) is 6.19. The Labute approximate surface area is 161 Å². The number of methoxy groups -OCH3 is 1. The lowest BCUT2D eigenvalue weighted by Gasteiger charge is -2.33. The maximum atomic E-state index is 5.47. The van der Waals surface area contributed by atoms with E-state index in [1.165, 1.54) is 41.5 Å². The lowest BCUT2D eigenvalue weighted by molar-refractivity contribution is 0.155. The summed E-state index contributed by atoms with van der Waals surface area (Å²) in [4.78, 5) is 7.00. The second-order valence-corrected chi connectivity index (χ2v) is 7.88. The molecule has 0 N–H and O–H groups in total. The molecule has 1 fully saturated rings. The molecule has 1 saturated heterocycles. The lowest BCUT2D eigenvalue weighted by atomic mass is 9.97. The zero-order valence-corrected chi connectivity index (χ0v) is 16.9. The SMILES string of the molecule is COc1ccc2c(c1)c(CN1CCC[C@@H](Cn3ccnc3C)C1)c(C)n2C. The molecule has 1 aliphatic heterocycles. The number of hydrogen-bond acceptors (Lipinski definition) is 3. The minimum atomic E-state index is 0.691. The smallest absolute Gasteiger partial charge is 0.119 e. The highest BCUT2D eigenvalue weighted by molar-refractivity contribution is 5.86. The van der Waals surface area contributed by atoms with Crippen molar-refractivity contribution in [2.75, 3.05) is 20.2 Å². The second kappa shape index (κ2) is 7.39. The van der Waals surface area contributed by atoms with E-state index in [-0.39, 0.29) is 0 Å². The van der Waals surface area contributed by atoms with Gasteiger partial charge in [0, 0.05) is 55.7 Å². The molecule has 4 rings (SSSR count). The van der Waals surface area contributed by atoms with E-state index in [9.17, 15) is 0 Å². The highest BCUT2D eigenvalue weighted by Crippen LogP contribution is 2.31. The van der Waals surface area contributed by atoms with Crippen LogP contribution in [0.5, 0.6) is 5.75 Å². The summed E-state index contributed by atoms with van der Waals surface area (Å²) in [6, 6.07) is 6.41. The first kappa shape index (κ1) is 18.1. The number of likely N-dealkylation sites (tertiary alicyclic amines) is 1. The van der Waals surface area contributed by atoms with Crippen LogP contribution in [0.25, 0.3) is 10.9 Å². The van der Waals surface area contributed by atoms with Crippen LogP contribution in [0.4, 0.5) is 0 Å². The van der Waals surface area contributed by atoms with E-state index in [2.05, 4.69) is 64.3 Å². The number of ether oxygens (including phenoxy) is 1. The summed E-state index contributed by atoms with van der Waals surface area (Å²) < 4.78 is 10.1. The Morgan fingerprint density at radius 2 is 2.11 bits per heavy atom. The number of rotatable bonds is 5. The van der Waals surface area contributed by atoms with E-state index >= 15 is 0 Å². The molecule has 0 amide bonds. The molecule has 0 aliphatic carbocycles. The average Bonchev–Trinajstić information content (AvgIpc) is 3.18. The Bertz CT molecular complexity index is 939. The van der Waals surface area contributed by atoms with Crippen LogP contribution in [0.2, 0.25) is 0 Å². The molecule has 27 heavy (non-hydrogen) atoms. The minimum absolute atomic E-state index is 0.691. The number of fused-ring (bicyclic) bond motifs is 1. The minimum Gasteiger partial charge on any atom is -0.497 e. The number of nitrogens with zero attached hydrogens (tertiary/aromatic N) is 4. The summed E-state index contributed by atoms with van der Waals surface area (Å²) in [5.74, 6) is 2.74. The van der Waals surface area contributed by atoms with E-state index in [0.717, 1.165) is 31.2 Å². The summed E-state index contributed by atoms with van der Waals surface area (Å²) in [6.45, 7) is 8.74. The topological polar surface area (TPSA) is 35.2 Å². The molecule has 0 radical (unpaired) electrons. The number of aryl methyl sites for hydroxylation is 2. The van der Waals surface area contributed by atoms with Crippen LogP contribution in [-0.4, -0.2) is 39.2 Å². The molecule has 1 aromatic carbocycles. The maximum absolute atomic E-state index is 5.47. The number of benzene rings is 1. The molecule has 0 bridgehead atoms. The fraction of sp³-hybridized carbons (Fsp3) is 0.500. The van der Waals surface area contributed by atoms with E-state index in [1.54, 1.807) is 7.11 Å². The third kappa shape index (κ3) is 3.48. The zero-order valence-electron chi connectivity index (χ0n) is 16.9. The zero-order chi connectivity index (χ0) is 19.0. The predicted octanol–water partition coefficient (Wildman–Crippen LogP) is 3.91. The van der Waals surface area contributed by atoms with E-state index < -0.39 is 0 Å². The molecule has 0 saturated carbocycles. The van der Waals surface area contributed by atoms with Crippen LogP contribution >= 0.6 is 0 Å². The molecule has 3 aromatic rings. The van der Waals surface area contributed by atoms with Crippen molar-refractivity contribution >= 4 is 10.9 Å². The largest absolute Gasteiger partial charge is 0.497 e. The van der Waals surface area contributed by atoms with Gasteiger partial charge in [0.1, 0.15) is 11.6 Å². The molecule has 2 aromatic heterocycles. The highest BCUT2D eigenvalue weighted by Gasteiger charge is 2.23. The Kier molecular flexibility index (Phi) is 4.96. The lowest BCUT2D eigenvalue weighted by Crippen LogP contribution is -2.36. The van der Waals surface area contributed by atoms with E-state index in [4.69, 9.17) is 4.74 Å². The Morgan fingerprint density at radius 1 is 1.26 bits per heavy atom. The summed E-state index contributed by atoms with van der Waals surface area (Å²) in [7, 11) is 3.90. The summed E-state index contributed by atoms with van der Waals surface area (Å²) >= 11 is 0. The van der Waals surface area contributed by atoms with E-state index in [0.29, 0.717) is 5.92 Å². The number of piperidine rings is 1. The Hall–Kier alpha value is -2.27. The summed E-state index contributed by atoms with van der Waals surface area (Å²) in [6.07, 6.45) is 6.58. The van der Waals surface area contributed by atoms with Gasteiger partial charge in [0.25, 0.3) is 0 Å². The molecule has 3 heterocycles. The average molecular weight is 367 g/mol. The first-order chi connectivity index (χ1) is 13.1. The molecule has 0 spiro atoms. The van der Waals surface area contributed by atoms with Gasteiger partial charge in [-0.15, -0.1) is 0 Å². The predicted molar refractivity (Wildman–Crippen MR) is 109 cm³/mol. The number of aromatic nitrogens is 3. The third-order valence-corrected chi connectivity index (χ3v) is 6.19. The quantitative estimate of drug-likeness (QED) is 0.687. The van der Waals surface area contributed by atoms with Crippen molar-refractivity contribution in [2.45, 2.75) is 39.8 Å². The molecule has 5 heteroatoms. The molecular formula is C22H30N4O. The van der Waals surface area contributed by atoms with Crippen LogP contribution in [0.1, 0.15) is 29.9 Å². The van der Waals surface area contributed by atoms with Crippen LogP contribution in [0, 0.1) is 19.8 Å². The molecule has 144 valence electrons. The highest BCUT2D eigenvalue weighted by atomic mass is 16.5. The van der Waals surface area contributed by atoms with Crippen molar-refractivity contribution in [3.8, 4) is 5.75 Å². The van der Waals surface area contributed by atoms with Crippen LogP contribution in [0.3, 0.4) is 0 Å². The second-order valence-electron chi connectivity index (χ2n) is 7.88. The fourth-order valence-electron chi connectivity index (χ4n) is 4.50. The first-order valence-corrected chi connectivity index (χ1v) is 9.88. The molecule has 1 aliphatic rings. The number of imidazole rings is 1. The summed E-state index contributed by atoms with van der Waals surface area (Å²) in [5.41, 5.74) is 4.07. The van der Waals surface area contributed by atoms with Crippen molar-refractivity contribution in [1.82, 2.24) is 19.0 Å². The van der Waals surface area contributed by atoms with Crippen molar-refractivity contribution in [2.24, 2.45) is 13.0 Å². The molecule has 5 nitrogen and oxygen atoms in total. The maximum Gasteiger partial charge on any atom is 0.119 e. The van der Waals surface area contributed by atoms with Crippen molar-refractivity contribution < 1.29 is 4.74 Å². The molecular weight excluding hydrogens is 336 g/mol.